The molecule has 3 heterocycles. The fourth-order valence-corrected chi connectivity index (χ4v) is 4.75. The molecule has 0 radical (unpaired) electrons. The molecule has 0 saturated carbocycles. The van der Waals surface area contributed by atoms with Gasteiger partial charge in [-0.3, -0.25) is 9.36 Å². The molecule has 2 amide bonds. The normalized spacial score (nSPS) is 13.8. The number of pyridine rings is 1. The molecule has 1 aliphatic rings. The number of carbonyl (C=O) groups is 2. The molecule has 2 aromatic heterocycles. The topological polar surface area (TPSA) is 86.1 Å². The number of aromatic nitrogens is 2. The van der Waals surface area contributed by atoms with Crippen molar-refractivity contribution in [3.8, 4) is 23.2 Å². The lowest BCUT2D eigenvalue weighted by Crippen LogP contribution is -2.51. The smallest absolute Gasteiger partial charge is 0.410 e. The molecule has 0 spiro atoms. The van der Waals surface area contributed by atoms with E-state index in [0.29, 0.717) is 48.5 Å². The van der Waals surface area contributed by atoms with Gasteiger partial charge < -0.3 is 24.0 Å². The molecule has 10 heteroatoms. The van der Waals surface area contributed by atoms with Crippen LogP contribution in [0, 0.1) is 12.7 Å². The number of benzene rings is 2. The zero-order chi connectivity index (χ0) is 29.3. The van der Waals surface area contributed by atoms with Crippen molar-refractivity contribution in [2.45, 2.75) is 33.3 Å². The molecular formula is C31H33FN4O5. The standard InChI is InChI=1S/C31H33FN4O5/c1-20-11-12-21(32)17-25(20)40-29-27(28(37)34-13-15-35(16-14-34)30(38)41-31(2,3)4)23-19-33-26(39-5)18-24(23)36(29)22-9-7-6-8-10-22/h6-12,17-19H,13-16H2,1-5H3. The van der Waals surface area contributed by atoms with E-state index in [4.69, 9.17) is 14.2 Å². The average Bonchev–Trinajstić information content (AvgIpc) is 3.26. The van der Waals surface area contributed by atoms with Crippen LogP contribution in [-0.2, 0) is 4.74 Å². The number of hydrogen-bond acceptors (Lipinski definition) is 6. The first kappa shape index (κ1) is 27.9. The van der Waals surface area contributed by atoms with Crippen LogP contribution in [0.5, 0.6) is 17.5 Å². The van der Waals surface area contributed by atoms with Gasteiger partial charge >= 0.3 is 6.09 Å². The zero-order valence-corrected chi connectivity index (χ0v) is 23.8. The van der Waals surface area contributed by atoms with Crippen LogP contribution in [0.25, 0.3) is 16.6 Å². The van der Waals surface area contributed by atoms with Crippen LogP contribution >= 0.6 is 0 Å². The highest BCUT2D eigenvalue weighted by Crippen LogP contribution is 2.40. The number of hydrogen-bond donors (Lipinski definition) is 0. The van der Waals surface area contributed by atoms with Gasteiger partial charge in [-0.1, -0.05) is 24.3 Å². The summed E-state index contributed by atoms with van der Waals surface area (Å²) in [6.07, 6.45) is 1.18. The van der Waals surface area contributed by atoms with Crippen LogP contribution in [0.3, 0.4) is 0 Å². The summed E-state index contributed by atoms with van der Waals surface area (Å²) in [7, 11) is 1.52. The van der Waals surface area contributed by atoms with Crippen molar-refractivity contribution < 1.29 is 28.2 Å². The van der Waals surface area contributed by atoms with Crippen LogP contribution in [0.2, 0.25) is 0 Å². The Balaban J connectivity index is 1.60. The summed E-state index contributed by atoms with van der Waals surface area (Å²) in [5.41, 5.74) is 1.76. The SMILES string of the molecule is COc1cc2c(cn1)c(C(=O)N1CCN(C(=O)OC(C)(C)C)CC1)c(Oc1cc(F)ccc1C)n2-c1ccccc1. The van der Waals surface area contributed by atoms with Crippen molar-refractivity contribution >= 4 is 22.9 Å². The molecule has 0 N–H and O–H groups in total. The number of piperazine rings is 1. The molecule has 4 aromatic rings. The second kappa shape index (κ2) is 11.1. The highest BCUT2D eigenvalue weighted by Gasteiger charge is 2.33. The minimum absolute atomic E-state index is 0.231. The maximum Gasteiger partial charge on any atom is 0.410 e. The monoisotopic (exact) mass is 560 g/mol. The van der Waals surface area contributed by atoms with Crippen molar-refractivity contribution in [2.24, 2.45) is 0 Å². The molecule has 41 heavy (non-hydrogen) atoms. The Morgan fingerprint density at radius 1 is 0.951 bits per heavy atom. The van der Waals surface area contributed by atoms with Crippen molar-refractivity contribution in [1.82, 2.24) is 19.4 Å². The van der Waals surface area contributed by atoms with E-state index in [9.17, 15) is 14.0 Å². The average molecular weight is 561 g/mol. The number of ether oxygens (including phenoxy) is 3. The largest absolute Gasteiger partial charge is 0.481 e. The molecule has 5 rings (SSSR count). The summed E-state index contributed by atoms with van der Waals surface area (Å²) in [4.78, 5) is 34.5. The van der Waals surface area contributed by atoms with E-state index in [1.165, 1.54) is 19.2 Å². The Hall–Kier alpha value is -4.60. The van der Waals surface area contributed by atoms with Gasteiger partial charge in [0.2, 0.25) is 11.8 Å². The highest BCUT2D eigenvalue weighted by molar-refractivity contribution is 6.10. The van der Waals surface area contributed by atoms with E-state index in [0.717, 1.165) is 5.69 Å². The lowest BCUT2D eigenvalue weighted by atomic mass is 10.1. The number of para-hydroxylation sites is 1. The van der Waals surface area contributed by atoms with E-state index >= 15 is 0 Å². The summed E-state index contributed by atoms with van der Waals surface area (Å²) in [6, 6.07) is 15.5. The minimum Gasteiger partial charge on any atom is -0.481 e. The first-order chi connectivity index (χ1) is 19.6. The van der Waals surface area contributed by atoms with Gasteiger partial charge in [0.1, 0.15) is 22.7 Å². The molecule has 1 fully saturated rings. The number of amides is 2. The van der Waals surface area contributed by atoms with Crippen LogP contribution in [-0.4, -0.2) is 70.2 Å². The molecule has 2 aromatic carbocycles. The summed E-state index contributed by atoms with van der Waals surface area (Å²) in [5.74, 6) is 0.140. The van der Waals surface area contributed by atoms with Crippen LogP contribution in [0.1, 0.15) is 36.7 Å². The number of nitrogens with zero attached hydrogens (tertiary/aromatic N) is 4. The fourth-order valence-electron chi connectivity index (χ4n) is 4.75. The van der Waals surface area contributed by atoms with E-state index in [2.05, 4.69) is 4.98 Å². The Morgan fingerprint density at radius 2 is 1.63 bits per heavy atom. The maximum atomic E-state index is 14.3. The van der Waals surface area contributed by atoms with E-state index in [1.54, 1.807) is 28.1 Å². The molecule has 214 valence electrons. The van der Waals surface area contributed by atoms with Gasteiger partial charge in [0, 0.05) is 55.6 Å². The predicted molar refractivity (Wildman–Crippen MR) is 153 cm³/mol. The van der Waals surface area contributed by atoms with Gasteiger partial charge in [-0.2, -0.15) is 0 Å². The van der Waals surface area contributed by atoms with Gasteiger partial charge in [-0.25, -0.2) is 14.2 Å². The third kappa shape index (κ3) is 5.82. The summed E-state index contributed by atoms with van der Waals surface area (Å²) < 4.78 is 33.4. The van der Waals surface area contributed by atoms with Crippen molar-refractivity contribution in [1.29, 1.82) is 0 Å². The van der Waals surface area contributed by atoms with E-state index < -0.39 is 17.5 Å². The Bertz CT molecular complexity index is 1590. The number of halogens is 1. The third-order valence-corrected chi connectivity index (χ3v) is 6.80. The number of rotatable bonds is 5. The summed E-state index contributed by atoms with van der Waals surface area (Å²) in [5, 5.41) is 0.554. The number of fused-ring (bicyclic) bond motifs is 1. The van der Waals surface area contributed by atoms with Crippen molar-refractivity contribution in [3.63, 3.8) is 0 Å². The van der Waals surface area contributed by atoms with Gasteiger partial charge in [-0.15, -0.1) is 0 Å². The van der Waals surface area contributed by atoms with Crippen LogP contribution in [0.15, 0.2) is 60.8 Å². The van der Waals surface area contributed by atoms with Crippen molar-refractivity contribution in [3.05, 3.63) is 77.7 Å². The van der Waals surface area contributed by atoms with Crippen molar-refractivity contribution in [2.75, 3.05) is 33.3 Å². The molecule has 0 aliphatic carbocycles. The fraction of sp³-hybridized carbons (Fsp3) is 0.323. The van der Waals surface area contributed by atoms with Gasteiger partial charge in [-0.05, 0) is 51.5 Å². The predicted octanol–water partition coefficient (Wildman–Crippen LogP) is 5.97. The highest BCUT2D eigenvalue weighted by atomic mass is 19.1. The molecule has 1 aliphatic heterocycles. The second-order valence-electron chi connectivity index (χ2n) is 10.9. The molecular weight excluding hydrogens is 527 g/mol. The van der Waals surface area contributed by atoms with E-state index in [-0.39, 0.29) is 23.1 Å². The maximum absolute atomic E-state index is 14.3. The number of carbonyl (C=O) groups excluding carboxylic acids is 2. The van der Waals surface area contributed by atoms with Gasteiger partial charge in [0.25, 0.3) is 5.91 Å². The number of aryl methyl sites for hydroxylation is 1. The first-order valence-electron chi connectivity index (χ1n) is 13.4. The van der Waals surface area contributed by atoms with Gasteiger partial charge in [0.05, 0.1) is 12.6 Å². The molecule has 1 saturated heterocycles. The lowest BCUT2D eigenvalue weighted by Gasteiger charge is -2.35. The third-order valence-electron chi connectivity index (χ3n) is 6.80. The quantitative estimate of drug-likeness (QED) is 0.299. The van der Waals surface area contributed by atoms with E-state index in [1.807, 2.05) is 62.6 Å². The molecule has 0 bridgehead atoms. The molecule has 9 nitrogen and oxygen atoms in total. The van der Waals surface area contributed by atoms with Crippen LogP contribution in [0.4, 0.5) is 9.18 Å². The Morgan fingerprint density at radius 3 is 2.29 bits per heavy atom. The van der Waals surface area contributed by atoms with Gasteiger partial charge in [0.15, 0.2) is 0 Å². The second-order valence-corrected chi connectivity index (χ2v) is 10.9. The first-order valence-corrected chi connectivity index (χ1v) is 13.4. The molecule has 0 atom stereocenters. The zero-order valence-electron chi connectivity index (χ0n) is 23.8. The Labute approximate surface area is 238 Å². The minimum atomic E-state index is -0.612. The van der Waals surface area contributed by atoms with Crippen LogP contribution < -0.4 is 9.47 Å². The number of methoxy groups -OCH3 is 1. The Kier molecular flexibility index (Phi) is 7.57. The summed E-state index contributed by atoms with van der Waals surface area (Å²) in [6.45, 7) is 8.52. The molecule has 0 unspecified atom stereocenters. The lowest BCUT2D eigenvalue weighted by molar-refractivity contribution is 0.0140. The summed E-state index contributed by atoms with van der Waals surface area (Å²) >= 11 is 0.